The molecular weight excluding hydrogens is 268 g/mol. The third-order valence-corrected chi connectivity index (χ3v) is 3.34. The van der Waals surface area contributed by atoms with Crippen molar-refractivity contribution in [3.8, 4) is 0 Å². The van der Waals surface area contributed by atoms with E-state index in [0.717, 1.165) is 11.1 Å². The van der Waals surface area contributed by atoms with Crippen LogP contribution in [0.15, 0.2) is 54.6 Å². The average Bonchev–Trinajstić information content (AvgIpc) is 3.33. The van der Waals surface area contributed by atoms with Gasteiger partial charge in [-0.05, 0) is 23.3 Å². The number of hydrogen-bond donors (Lipinski definition) is 0. The summed E-state index contributed by atoms with van der Waals surface area (Å²) in [6.07, 6.45) is -0.364. The van der Waals surface area contributed by atoms with E-state index in [9.17, 15) is 4.79 Å². The standard InChI is InChI=1S/C17H16O4/c1-19-16(18)14-9-5-8-13(10-14)15-17(21-15)20-11-12-6-3-2-4-7-12/h2-10,15,17H,11H2,1H3. The van der Waals surface area contributed by atoms with E-state index in [1.807, 2.05) is 42.5 Å². The molecule has 0 bridgehead atoms. The summed E-state index contributed by atoms with van der Waals surface area (Å²) in [5, 5.41) is 0. The first-order valence-electron chi connectivity index (χ1n) is 6.77. The summed E-state index contributed by atoms with van der Waals surface area (Å²) >= 11 is 0. The van der Waals surface area contributed by atoms with Crippen LogP contribution in [0.1, 0.15) is 27.6 Å². The Morgan fingerprint density at radius 1 is 1.14 bits per heavy atom. The second-order valence-electron chi connectivity index (χ2n) is 4.84. The van der Waals surface area contributed by atoms with Gasteiger partial charge in [-0.15, -0.1) is 0 Å². The Hall–Kier alpha value is -2.17. The van der Waals surface area contributed by atoms with Crippen molar-refractivity contribution in [2.24, 2.45) is 0 Å². The van der Waals surface area contributed by atoms with E-state index in [1.165, 1.54) is 7.11 Å². The minimum Gasteiger partial charge on any atom is -0.465 e. The summed E-state index contributed by atoms with van der Waals surface area (Å²) in [4.78, 5) is 11.5. The van der Waals surface area contributed by atoms with Crippen LogP contribution in [0.5, 0.6) is 0 Å². The molecule has 1 aliphatic rings. The quantitative estimate of drug-likeness (QED) is 0.625. The molecule has 1 aliphatic heterocycles. The van der Waals surface area contributed by atoms with Crippen LogP contribution >= 0.6 is 0 Å². The van der Waals surface area contributed by atoms with Gasteiger partial charge in [-0.1, -0.05) is 42.5 Å². The van der Waals surface area contributed by atoms with Crippen LogP contribution < -0.4 is 0 Å². The summed E-state index contributed by atoms with van der Waals surface area (Å²) < 4.78 is 15.9. The Morgan fingerprint density at radius 2 is 1.95 bits per heavy atom. The molecule has 2 atom stereocenters. The molecule has 0 spiro atoms. The van der Waals surface area contributed by atoms with E-state index in [4.69, 9.17) is 14.2 Å². The SMILES string of the molecule is COC(=O)c1cccc(C2OC2OCc2ccccc2)c1. The molecule has 0 N–H and O–H groups in total. The molecule has 3 rings (SSSR count). The fourth-order valence-corrected chi connectivity index (χ4v) is 2.17. The summed E-state index contributed by atoms with van der Waals surface area (Å²) in [6, 6.07) is 17.2. The van der Waals surface area contributed by atoms with Crippen LogP contribution in [0.25, 0.3) is 0 Å². The molecule has 4 heteroatoms. The van der Waals surface area contributed by atoms with Crippen molar-refractivity contribution >= 4 is 5.97 Å². The van der Waals surface area contributed by atoms with Crippen molar-refractivity contribution < 1.29 is 19.0 Å². The van der Waals surface area contributed by atoms with Gasteiger partial charge in [0.2, 0.25) is 0 Å². The van der Waals surface area contributed by atoms with E-state index in [1.54, 1.807) is 12.1 Å². The normalized spacial score (nSPS) is 20.0. The molecule has 0 amide bonds. The number of rotatable bonds is 5. The van der Waals surface area contributed by atoms with Gasteiger partial charge in [0.05, 0.1) is 19.3 Å². The number of ether oxygens (including phenoxy) is 3. The first-order chi connectivity index (χ1) is 10.3. The third kappa shape index (κ3) is 3.29. The Balaban J connectivity index is 1.59. The molecule has 1 saturated heterocycles. The van der Waals surface area contributed by atoms with Crippen LogP contribution in [0.3, 0.4) is 0 Å². The molecular formula is C17H16O4. The molecule has 1 fully saturated rings. The third-order valence-electron chi connectivity index (χ3n) is 3.34. The Bertz CT molecular complexity index is 624. The van der Waals surface area contributed by atoms with Gasteiger partial charge in [0, 0.05) is 0 Å². The van der Waals surface area contributed by atoms with E-state index in [0.29, 0.717) is 12.2 Å². The van der Waals surface area contributed by atoms with E-state index >= 15 is 0 Å². The van der Waals surface area contributed by atoms with Gasteiger partial charge in [-0.3, -0.25) is 0 Å². The highest BCUT2D eigenvalue weighted by atomic mass is 16.8. The summed E-state index contributed by atoms with van der Waals surface area (Å²) in [5.41, 5.74) is 2.55. The largest absolute Gasteiger partial charge is 0.465 e. The lowest BCUT2D eigenvalue weighted by Crippen LogP contribution is -2.02. The number of carbonyl (C=O) groups excluding carboxylic acids is 1. The number of methoxy groups -OCH3 is 1. The lowest BCUT2D eigenvalue weighted by Gasteiger charge is -2.02. The van der Waals surface area contributed by atoms with Crippen molar-refractivity contribution in [2.45, 2.75) is 19.0 Å². The minimum absolute atomic E-state index is 0.113. The van der Waals surface area contributed by atoms with Crippen molar-refractivity contribution in [1.29, 1.82) is 0 Å². The van der Waals surface area contributed by atoms with Gasteiger partial charge in [0.15, 0.2) is 6.29 Å². The van der Waals surface area contributed by atoms with E-state index in [2.05, 4.69) is 0 Å². The topological polar surface area (TPSA) is 48.1 Å². The highest BCUT2D eigenvalue weighted by Crippen LogP contribution is 2.40. The Labute approximate surface area is 123 Å². The predicted molar refractivity (Wildman–Crippen MR) is 76.6 cm³/mol. The highest BCUT2D eigenvalue weighted by Gasteiger charge is 2.41. The van der Waals surface area contributed by atoms with Crippen LogP contribution in [-0.4, -0.2) is 19.4 Å². The van der Waals surface area contributed by atoms with E-state index < -0.39 is 0 Å². The Kier molecular flexibility index (Phi) is 3.99. The van der Waals surface area contributed by atoms with Gasteiger partial charge in [-0.2, -0.15) is 0 Å². The molecule has 108 valence electrons. The molecule has 0 radical (unpaired) electrons. The molecule has 0 saturated carbocycles. The van der Waals surface area contributed by atoms with Crippen molar-refractivity contribution in [2.75, 3.05) is 7.11 Å². The van der Waals surface area contributed by atoms with Crippen LogP contribution in [0, 0.1) is 0 Å². The van der Waals surface area contributed by atoms with Gasteiger partial charge < -0.3 is 14.2 Å². The van der Waals surface area contributed by atoms with Gasteiger partial charge >= 0.3 is 5.97 Å². The van der Waals surface area contributed by atoms with Crippen LogP contribution in [-0.2, 0) is 20.8 Å². The first kappa shape index (κ1) is 13.8. The lowest BCUT2D eigenvalue weighted by atomic mass is 10.1. The van der Waals surface area contributed by atoms with Gasteiger partial charge in [0.25, 0.3) is 0 Å². The molecule has 0 aliphatic carbocycles. The maximum Gasteiger partial charge on any atom is 0.337 e. The second-order valence-corrected chi connectivity index (χ2v) is 4.84. The molecule has 1 heterocycles. The van der Waals surface area contributed by atoms with Crippen molar-refractivity contribution in [3.05, 3.63) is 71.3 Å². The molecule has 0 aromatic heterocycles. The van der Waals surface area contributed by atoms with E-state index in [-0.39, 0.29) is 18.4 Å². The van der Waals surface area contributed by atoms with Gasteiger partial charge in [-0.25, -0.2) is 4.79 Å². The maximum absolute atomic E-state index is 11.5. The molecule has 21 heavy (non-hydrogen) atoms. The minimum atomic E-state index is -0.348. The molecule has 2 unspecified atom stereocenters. The molecule has 4 nitrogen and oxygen atoms in total. The van der Waals surface area contributed by atoms with Crippen molar-refractivity contribution in [1.82, 2.24) is 0 Å². The fourth-order valence-electron chi connectivity index (χ4n) is 2.17. The highest BCUT2D eigenvalue weighted by molar-refractivity contribution is 5.89. The van der Waals surface area contributed by atoms with Crippen LogP contribution in [0.4, 0.5) is 0 Å². The number of carbonyl (C=O) groups is 1. The maximum atomic E-state index is 11.5. The number of epoxide rings is 1. The number of hydrogen-bond acceptors (Lipinski definition) is 4. The predicted octanol–water partition coefficient (Wildman–Crippen LogP) is 3.09. The Morgan fingerprint density at radius 3 is 2.71 bits per heavy atom. The monoisotopic (exact) mass is 284 g/mol. The summed E-state index contributed by atoms with van der Waals surface area (Å²) in [7, 11) is 1.37. The summed E-state index contributed by atoms with van der Waals surface area (Å²) in [5.74, 6) is -0.348. The van der Waals surface area contributed by atoms with Crippen LogP contribution in [0.2, 0.25) is 0 Å². The smallest absolute Gasteiger partial charge is 0.337 e. The molecule has 2 aromatic carbocycles. The number of esters is 1. The van der Waals surface area contributed by atoms with Gasteiger partial charge in [0.1, 0.15) is 6.10 Å². The van der Waals surface area contributed by atoms with Crippen molar-refractivity contribution in [3.63, 3.8) is 0 Å². The zero-order chi connectivity index (χ0) is 14.7. The second kappa shape index (κ2) is 6.08. The number of benzene rings is 2. The zero-order valence-corrected chi connectivity index (χ0v) is 11.7. The summed E-state index contributed by atoms with van der Waals surface area (Å²) in [6.45, 7) is 0.513. The zero-order valence-electron chi connectivity index (χ0n) is 11.7. The first-order valence-corrected chi connectivity index (χ1v) is 6.77. The lowest BCUT2D eigenvalue weighted by molar-refractivity contribution is 0.0385. The molecule has 2 aromatic rings. The average molecular weight is 284 g/mol. The fraction of sp³-hybridized carbons (Fsp3) is 0.235.